The van der Waals surface area contributed by atoms with Gasteiger partial charge in [0.15, 0.2) is 5.69 Å². The summed E-state index contributed by atoms with van der Waals surface area (Å²) >= 11 is 3.45. The summed E-state index contributed by atoms with van der Waals surface area (Å²) in [5.41, 5.74) is 7.26. The molecule has 0 bridgehead atoms. The van der Waals surface area contributed by atoms with Crippen LogP contribution in [-0.2, 0) is 0 Å². The summed E-state index contributed by atoms with van der Waals surface area (Å²) in [7, 11) is 0. The van der Waals surface area contributed by atoms with E-state index in [9.17, 15) is 4.79 Å². The van der Waals surface area contributed by atoms with Gasteiger partial charge in [0.2, 0.25) is 0 Å². The molecule has 1 amide bonds. The Morgan fingerprint density at radius 2 is 2.05 bits per heavy atom. The van der Waals surface area contributed by atoms with Crippen LogP contribution in [0.3, 0.4) is 0 Å². The molecule has 5 nitrogen and oxygen atoms in total. The topological polar surface area (TPSA) is 83.8 Å². The van der Waals surface area contributed by atoms with Crippen LogP contribution in [0.5, 0.6) is 0 Å². The van der Waals surface area contributed by atoms with Gasteiger partial charge in [-0.25, -0.2) is 0 Å². The highest BCUT2D eigenvalue weighted by Crippen LogP contribution is 2.26. The molecule has 6 heteroatoms. The lowest BCUT2D eigenvalue weighted by Gasteiger charge is -2.26. The molecule has 19 heavy (non-hydrogen) atoms. The molecule has 0 unspecified atom stereocenters. The number of nitrogens with zero attached hydrogens (tertiary/aromatic N) is 1. The number of H-pyrrole nitrogens is 1. The van der Waals surface area contributed by atoms with Crippen LogP contribution in [0.15, 0.2) is 4.47 Å². The average Bonchev–Trinajstić information content (AvgIpc) is 2.74. The summed E-state index contributed by atoms with van der Waals surface area (Å²) in [6, 6.07) is 0.510. The molecule has 4 N–H and O–H groups in total. The van der Waals surface area contributed by atoms with Crippen molar-refractivity contribution < 1.29 is 4.79 Å². The van der Waals surface area contributed by atoms with E-state index in [1.807, 2.05) is 0 Å². The number of nitrogens with two attached hydrogens (primary N) is 1. The van der Waals surface area contributed by atoms with Crippen molar-refractivity contribution in [2.24, 2.45) is 5.73 Å². The second kappa shape index (κ2) is 6.05. The van der Waals surface area contributed by atoms with Crippen molar-refractivity contribution >= 4 is 21.8 Å². The minimum Gasteiger partial charge on any atom is -0.348 e. The Labute approximate surface area is 121 Å². The van der Waals surface area contributed by atoms with Crippen molar-refractivity contribution in [3.05, 3.63) is 15.9 Å². The Morgan fingerprint density at radius 1 is 1.42 bits per heavy atom. The fraction of sp³-hybridized carbons (Fsp3) is 0.692. The summed E-state index contributed by atoms with van der Waals surface area (Å²) in [4.78, 5) is 12.2. The van der Waals surface area contributed by atoms with E-state index in [2.05, 4.69) is 45.3 Å². The first kappa shape index (κ1) is 14.5. The molecule has 1 saturated carbocycles. The Hall–Kier alpha value is -0.880. The van der Waals surface area contributed by atoms with E-state index >= 15 is 0 Å². The van der Waals surface area contributed by atoms with Gasteiger partial charge >= 0.3 is 0 Å². The normalized spacial score (nSPS) is 23.6. The second-order valence-corrected chi connectivity index (χ2v) is 6.33. The first-order valence-electron chi connectivity index (χ1n) is 6.79. The number of amides is 1. The van der Waals surface area contributed by atoms with Crippen molar-refractivity contribution in [3.8, 4) is 0 Å². The smallest absolute Gasteiger partial charge is 0.273 e. The summed E-state index contributed by atoms with van der Waals surface area (Å²) in [5, 5.41) is 10.1. The van der Waals surface area contributed by atoms with Crippen LogP contribution in [-0.4, -0.2) is 28.2 Å². The van der Waals surface area contributed by atoms with Crippen molar-refractivity contribution in [1.29, 1.82) is 0 Å². The number of halogens is 1. The number of carbonyl (C=O) groups excluding carboxylic acids is 1. The van der Waals surface area contributed by atoms with Gasteiger partial charge in [0.1, 0.15) is 0 Å². The van der Waals surface area contributed by atoms with Crippen LogP contribution >= 0.6 is 15.9 Å². The molecule has 0 radical (unpaired) electrons. The molecule has 0 saturated heterocycles. The van der Waals surface area contributed by atoms with E-state index in [1.54, 1.807) is 0 Å². The lowest BCUT2D eigenvalue weighted by molar-refractivity contribution is 0.0920. The predicted molar refractivity (Wildman–Crippen MR) is 78.1 cm³/mol. The third kappa shape index (κ3) is 3.36. The maximum Gasteiger partial charge on any atom is 0.273 e. The van der Waals surface area contributed by atoms with Crippen LogP contribution in [0.25, 0.3) is 0 Å². The fourth-order valence-corrected chi connectivity index (χ4v) is 3.21. The Bertz CT molecular complexity index is 449. The maximum atomic E-state index is 12.2. The third-order valence-electron chi connectivity index (χ3n) is 3.63. The first-order chi connectivity index (χ1) is 8.99. The first-order valence-corrected chi connectivity index (χ1v) is 7.58. The van der Waals surface area contributed by atoms with E-state index in [1.165, 1.54) is 0 Å². The minimum atomic E-state index is -0.115. The Morgan fingerprint density at radius 3 is 2.58 bits per heavy atom. The highest BCUT2D eigenvalue weighted by atomic mass is 79.9. The summed E-state index contributed by atoms with van der Waals surface area (Å²) in [6.07, 6.45) is 3.85. The number of nitrogens with one attached hydrogen (secondary N) is 2. The summed E-state index contributed by atoms with van der Waals surface area (Å²) < 4.78 is 0.771. The van der Waals surface area contributed by atoms with Crippen LogP contribution in [0.4, 0.5) is 0 Å². The van der Waals surface area contributed by atoms with Gasteiger partial charge in [0, 0.05) is 12.1 Å². The van der Waals surface area contributed by atoms with Crippen molar-refractivity contribution in [2.45, 2.75) is 57.5 Å². The number of hydrogen-bond acceptors (Lipinski definition) is 3. The van der Waals surface area contributed by atoms with Crippen LogP contribution in [0, 0.1) is 0 Å². The molecular formula is C13H21BrN4O. The van der Waals surface area contributed by atoms with Gasteiger partial charge in [-0.2, -0.15) is 5.10 Å². The van der Waals surface area contributed by atoms with Crippen molar-refractivity contribution in [3.63, 3.8) is 0 Å². The van der Waals surface area contributed by atoms with E-state index < -0.39 is 0 Å². The van der Waals surface area contributed by atoms with E-state index in [4.69, 9.17) is 5.73 Å². The Kier molecular flexibility index (Phi) is 4.62. The third-order valence-corrected chi connectivity index (χ3v) is 4.43. The number of carbonyl (C=O) groups is 1. The standard InChI is InChI=1S/C13H21BrN4O/c1-7(2)11-10(14)12(18-17-11)13(19)16-9-5-3-8(15)4-6-9/h7-9H,3-6,15H2,1-2H3,(H,16,19)(H,17,18). The quantitative estimate of drug-likeness (QED) is 0.795. The molecule has 1 heterocycles. The molecule has 0 aromatic carbocycles. The fourth-order valence-electron chi connectivity index (χ4n) is 2.39. The monoisotopic (exact) mass is 328 g/mol. The van der Waals surface area contributed by atoms with Crippen LogP contribution in [0.2, 0.25) is 0 Å². The minimum absolute atomic E-state index is 0.115. The molecule has 0 atom stereocenters. The van der Waals surface area contributed by atoms with Gasteiger partial charge < -0.3 is 11.1 Å². The molecule has 1 aromatic rings. The second-order valence-electron chi connectivity index (χ2n) is 5.54. The summed E-state index contributed by atoms with van der Waals surface area (Å²) in [6.45, 7) is 4.12. The highest BCUT2D eigenvalue weighted by molar-refractivity contribution is 9.10. The van der Waals surface area contributed by atoms with E-state index in [0.29, 0.717) is 11.6 Å². The van der Waals surface area contributed by atoms with E-state index in [-0.39, 0.29) is 18.0 Å². The number of aromatic nitrogens is 2. The van der Waals surface area contributed by atoms with Gasteiger partial charge in [0.05, 0.1) is 10.2 Å². The van der Waals surface area contributed by atoms with Crippen LogP contribution < -0.4 is 11.1 Å². The zero-order valence-electron chi connectivity index (χ0n) is 11.4. The molecule has 0 aliphatic heterocycles. The molecular weight excluding hydrogens is 308 g/mol. The zero-order valence-corrected chi connectivity index (χ0v) is 13.0. The van der Waals surface area contributed by atoms with Gasteiger partial charge in [-0.15, -0.1) is 0 Å². The van der Waals surface area contributed by atoms with Gasteiger partial charge in [-0.05, 0) is 47.5 Å². The highest BCUT2D eigenvalue weighted by Gasteiger charge is 2.24. The lowest BCUT2D eigenvalue weighted by atomic mass is 9.92. The maximum absolute atomic E-state index is 12.2. The van der Waals surface area contributed by atoms with Crippen LogP contribution in [0.1, 0.15) is 61.6 Å². The van der Waals surface area contributed by atoms with Gasteiger partial charge in [-0.3, -0.25) is 9.89 Å². The lowest BCUT2D eigenvalue weighted by Crippen LogP contribution is -2.40. The van der Waals surface area contributed by atoms with Gasteiger partial charge in [-0.1, -0.05) is 13.8 Å². The Balaban J connectivity index is 2.00. The predicted octanol–water partition coefficient (Wildman–Crippen LogP) is 2.30. The molecule has 106 valence electrons. The number of rotatable bonds is 3. The molecule has 0 spiro atoms. The van der Waals surface area contributed by atoms with E-state index in [0.717, 1.165) is 35.8 Å². The number of aromatic amines is 1. The molecule has 1 aliphatic carbocycles. The van der Waals surface area contributed by atoms with Crippen molar-refractivity contribution in [1.82, 2.24) is 15.5 Å². The molecule has 2 rings (SSSR count). The average molecular weight is 329 g/mol. The van der Waals surface area contributed by atoms with Crippen molar-refractivity contribution in [2.75, 3.05) is 0 Å². The zero-order chi connectivity index (χ0) is 14.0. The molecule has 1 aromatic heterocycles. The molecule has 1 fully saturated rings. The number of hydrogen-bond donors (Lipinski definition) is 3. The largest absolute Gasteiger partial charge is 0.348 e. The summed E-state index contributed by atoms with van der Waals surface area (Å²) in [5.74, 6) is 0.187. The van der Waals surface area contributed by atoms with Gasteiger partial charge in [0.25, 0.3) is 5.91 Å². The SMILES string of the molecule is CC(C)c1[nH]nc(C(=O)NC2CCC(N)CC2)c1Br. The molecule has 1 aliphatic rings.